The van der Waals surface area contributed by atoms with Gasteiger partial charge in [0.25, 0.3) is 0 Å². The minimum absolute atomic E-state index is 0. The third-order valence-corrected chi connectivity index (χ3v) is 2.98. The van der Waals surface area contributed by atoms with E-state index >= 15 is 0 Å². The summed E-state index contributed by atoms with van der Waals surface area (Å²) in [6.07, 6.45) is 2.66. The van der Waals surface area contributed by atoms with Crippen LogP contribution >= 0.6 is 23.7 Å². The van der Waals surface area contributed by atoms with Gasteiger partial charge in [0.15, 0.2) is 0 Å². The molecule has 11 heavy (non-hydrogen) atoms. The third-order valence-electron chi connectivity index (χ3n) is 2.00. The molecule has 1 saturated carbocycles. The van der Waals surface area contributed by atoms with Crippen LogP contribution in [0.4, 0.5) is 0 Å². The Labute approximate surface area is 77.0 Å². The maximum atomic E-state index is 5.96. The molecule has 1 nitrogen and oxygen atoms in total. The molecule has 1 atom stereocenters. The zero-order valence-corrected chi connectivity index (χ0v) is 7.83. The maximum absolute atomic E-state index is 5.96. The lowest BCUT2D eigenvalue weighted by molar-refractivity contribution is 0.645. The second-order valence-electron chi connectivity index (χ2n) is 2.88. The molecule has 1 aliphatic carbocycles. The van der Waals surface area contributed by atoms with E-state index in [-0.39, 0.29) is 12.4 Å². The average Bonchev–Trinajstić information content (AvgIpc) is 2.65. The van der Waals surface area contributed by atoms with Crippen LogP contribution in [-0.4, -0.2) is 0 Å². The Balaban J connectivity index is 0.000000605. The van der Waals surface area contributed by atoms with Gasteiger partial charge >= 0.3 is 0 Å². The molecule has 1 unspecified atom stereocenters. The van der Waals surface area contributed by atoms with E-state index in [9.17, 15) is 0 Å². The highest BCUT2D eigenvalue weighted by Crippen LogP contribution is 2.40. The molecule has 1 fully saturated rings. The summed E-state index contributed by atoms with van der Waals surface area (Å²) in [7, 11) is 0. The van der Waals surface area contributed by atoms with Crippen molar-refractivity contribution in [3.05, 3.63) is 22.4 Å². The molecular weight excluding hydrogens is 178 g/mol. The van der Waals surface area contributed by atoms with Crippen LogP contribution in [0, 0.1) is 5.92 Å². The van der Waals surface area contributed by atoms with Crippen LogP contribution in [0.15, 0.2) is 17.5 Å². The van der Waals surface area contributed by atoms with Gasteiger partial charge in [0.1, 0.15) is 0 Å². The van der Waals surface area contributed by atoms with Gasteiger partial charge in [0, 0.05) is 10.9 Å². The van der Waals surface area contributed by atoms with Crippen molar-refractivity contribution < 1.29 is 0 Å². The first-order valence-corrected chi connectivity index (χ1v) is 4.55. The summed E-state index contributed by atoms with van der Waals surface area (Å²) in [4.78, 5) is 1.35. The number of hydrogen-bond acceptors (Lipinski definition) is 2. The molecule has 0 aromatic carbocycles. The van der Waals surface area contributed by atoms with E-state index in [0.717, 1.165) is 5.92 Å². The summed E-state index contributed by atoms with van der Waals surface area (Å²) in [6, 6.07) is 4.54. The topological polar surface area (TPSA) is 26.0 Å². The predicted octanol–water partition coefficient (Wildman–Crippen LogP) is 2.58. The second-order valence-corrected chi connectivity index (χ2v) is 3.86. The van der Waals surface area contributed by atoms with Gasteiger partial charge in [-0.05, 0) is 30.2 Å². The molecule has 0 saturated heterocycles. The Bertz CT molecular complexity index is 206. The van der Waals surface area contributed by atoms with Crippen molar-refractivity contribution in [2.45, 2.75) is 18.9 Å². The number of halogens is 1. The van der Waals surface area contributed by atoms with Gasteiger partial charge in [-0.3, -0.25) is 0 Å². The van der Waals surface area contributed by atoms with E-state index in [1.807, 2.05) is 0 Å². The lowest BCUT2D eigenvalue weighted by atomic mass is 10.2. The van der Waals surface area contributed by atoms with Gasteiger partial charge in [0.2, 0.25) is 0 Å². The van der Waals surface area contributed by atoms with E-state index in [4.69, 9.17) is 5.73 Å². The largest absolute Gasteiger partial charge is 0.323 e. The highest BCUT2D eigenvalue weighted by Gasteiger charge is 2.29. The molecule has 62 valence electrons. The summed E-state index contributed by atoms with van der Waals surface area (Å²) in [5.41, 5.74) is 5.96. The number of rotatable bonds is 2. The van der Waals surface area contributed by atoms with Gasteiger partial charge in [-0.2, -0.15) is 0 Å². The first-order valence-electron chi connectivity index (χ1n) is 3.67. The van der Waals surface area contributed by atoms with Crippen LogP contribution in [0.2, 0.25) is 0 Å². The minimum Gasteiger partial charge on any atom is -0.323 e. The van der Waals surface area contributed by atoms with Crippen molar-refractivity contribution in [3.8, 4) is 0 Å². The van der Waals surface area contributed by atoms with Crippen LogP contribution in [0.25, 0.3) is 0 Å². The quantitative estimate of drug-likeness (QED) is 0.761. The van der Waals surface area contributed by atoms with Crippen molar-refractivity contribution >= 4 is 23.7 Å². The SMILES string of the molecule is Cl.NC(c1cccs1)C1CC1. The number of nitrogens with two attached hydrogens (primary N) is 1. The fraction of sp³-hybridized carbons (Fsp3) is 0.500. The van der Waals surface area contributed by atoms with Crippen molar-refractivity contribution in [1.82, 2.24) is 0 Å². The maximum Gasteiger partial charge on any atom is 0.0418 e. The summed E-state index contributed by atoms with van der Waals surface area (Å²) in [5.74, 6) is 0.790. The predicted molar refractivity (Wildman–Crippen MR) is 51.2 cm³/mol. The van der Waals surface area contributed by atoms with Gasteiger partial charge in [-0.25, -0.2) is 0 Å². The monoisotopic (exact) mass is 189 g/mol. The Kier molecular flexibility index (Phi) is 2.93. The third kappa shape index (κ3) is 1.95. The van der Waals surface area contributed by atoms with Crippen molar-refractivity contribution in [2.24, 2.45) is 11.7 Å². The molecule has 0 radical (unpaired) electrons. The zero-order chi connectivity index (χ0) is 6.97. The highest BCUT2D eigenvalue weighted by atomic mass is 35.5. The molecule has 1 aromatic heterocycles. The molecule has 2 N–H and O–H groups in total. The highest BCUT2D eigenvalue weighted by molar-refractivity contribution is 7.10. The van der Waals surface area contributed by atoms with Crippen LogP contribution in [-0.2, 0) is 0 Å². The van der Waals surface area contributed by atoms with E-state index in [1.165, 1.54) is 17.7 Å². The number of thiophene rings is 1. The Morgan fingerprint density at radius 2 is 2.27 bits per heavy atom. The van der Waals surface area contributed by atoms with Crippen molar-refractivity contribution in [1.29, 1.82) is 0 Å². The Morgan fingerprint density at radius 1 is 1.55 bits per heavy atom. The summed E-state index contributed by atoms with van der Waals surface area (Å²) >= 11 is 1.77. The lowest BCUT2D eigenvalue weighted by Gasteiger charge is -2.05. The molecular formula is C8H12ClNS. The van der Waals surface area contributed by atoms with Gasteiger partial charge in [0.05, 0.1) is 0 Å². The summed E-state index contributed by atoms with van der Waals surface area (Å²) in [5, 5.41) is 2.09. The second kappa shape index (κ2) is 3.57. The Morgan fingerprint density at radius 3 is 2.73 bits per heavy atom. The molecule has 1 heterocycles. The fourth-order valence-corrected chi connectivity index (χ4v) is 1.99. The molecule has 1 aromatic rings. The fourth-order valence-electron chi connectivity index (χ4n) is 1.17. The lowest BCUT2D eigenvalue weighted by Crippen LogP contribution is -2.10. The molecule has 1 aliphatic rings. The van der Waals surface area contributed by atoms with E-state index in [1.54, 1.807) is 11.3 Å². The molecule has 0 aliphatic heterocycles. The Hall–Kier alpha value is -0.0500. The van der Waals surface area contributed by atoms with Crippen molar-refractivity contribution in [2.75, 3.05) is 0 Å². The van der Waals surface area contributed by atoms with Crippen LogP contribution in [0.3, 0.4) is 0 Å². The van der Waals surface area contributed by atoms with Crippen LogP contribution in [0.1, 0.15) is 23.8 Å². The molecule has 2 rings (SSSR count). The van der Waals surface area contributed by atoms with Crippen LogP contribution < -0.4 is 5.73 Å². The first-order chi connectivity index (χ1) is 4.88. The molecule has 0 spiro atoms. The zero-order valence-electron chi connectivity index (χ0n) is 6.19. The van der Waals surface area contributed by atoms with E-state index in [0.29, 0.717) is 6.04 Å². The van der Waals surface area contributed by atoms with Gasteiger partial charge in [-0.1, -0.05) is 6.07 Å². The molecule has 3 heteroatoms. The van der Waals surface area contributed by atoms with Gasteiger partial charge in [-0.15, -0.1) is 23.7 Å². The summed E-state index contributed by atoms with van der Waals surface area (Å²) in [6.45, 7) is 0. The normalized spacial score (nSPS) is 19.0. The van der Waals surface area contributed by atoms with E-state index < -0.39 is 0 Å². The van der Waals surface area contributed by atoms with Gasteiger partial charge < -0.3 is 5.73 Å². The molecule has 0 bridgehead atoms. The van der Waals surface area contributed by atoms with Crippen molar-refractivity contribution in [3.63, 3.8) is 0 Å². The molecule has 0 amide bonds. The number of hydrogen-bond donors (Lipinski definition) is 1. The summed E-state index contributed by atoms with van der Waals surface area (Å²) < 4.78 is 0. The smallest absolute Gasteiger partial charge is 0.0418 e. The van der Waals surface area contributed by atoms with E-state index in [2.05, 4.69) is 17.5 Å². The first kappa shape index (κ1) is 9.04. The van der Waals surface area contributed by atoms with Crippen LogP contribution in [0.5, 0.6) is 0 Å². The average molecular weight is 190 g/mol. The standard InChI is InChI=1S/C8H11NS.ClH/c9-8(6-3-4-6)7-2-1-5-10-7;/h1-2,5-6,8H,3-4,9H2;1H. The minimum atomic E-state index is 0.